The first kappa shape index (κ1) is 8.55. The van der Waals surface area contributed by atoms with Gasteiger partial charge < -0.3 is 5.73 Å². The summed E-state index contributed by atoms with van der Waals surface area (Å²) in [6.45, 7) is 8.49. The number of rotatable bonds is 1. The lowest BCUT2D eigenvalue weighted by molar-refractivity contribution is -0.395. The minimum atomic E-state index is 0.648. The van der Waals surface area contributed by atoms with Crippen molar-refractivity contribution in [3.63, 3.8) is 0 Å². The van der Waals surface area contributed by atoms with Crippen molar-refractivity contribution in [3.05, 3.63) is 0 Å². The van der Waals surface area contributed by atoms with Gasteiger partial charge in [-0.05, 0) is 36.0 Å². The first-order valence-corrected chi connectivity index (χ1v) is 5.36. The summed E-state index contributed by atoms with van der Waals surface area (Å²) in [7, 11) is 0. The highest BCUT2D eigenvalue weighted by molar-refractivity contribution is 5.04. The van der Waals surface area contributed by atoms with Crippen LogP contribution < -0.4 is 5.73 Å². The Kier molecular flexibility index (Phi) is 1.76. The van der Waals surface area contributed by atoms with Crippen LogP contribution in [0.2, 0.25) is 0 Å². The molecule has 3 fully saturated rings. The lowest BCUT2D eigenvalue weighted by Crippen LogP contribution is -2.64. The molecule has 12 heavy (non-hydrogen) atoms. The maximum absolute atomic E-state index is 4.10. The summed E-state index contributed by atoms with van der Waals surface area (Å²) in [5, 5.41) is 0. The molecule has 0 aromatic heterocycles. The Hall–Kier alpha value is -0.0400. The summed E-state index contributed by atoms with van der Waals surface area (Å²) < 4.78 is 0. The quantitative estimate of drug-likeness (QED) is 0.615. The van der Waals surface area contributed by atoms with Gasteiger partial charge in [0.15, 0.2) is 0 Å². The van der Waals surface area contributed by atoms with Crippen LogP contribution in [-0.4, -0.2) is 6.54 Å². The number of hydrogen-bond donors (Lipinski definition) is 1. The molecule has 3 rings (SSSR count). The van der Waals surface area contributed by atoms with Gasteiger partial charge in [0.05, 0.1) is 6.54 Å². The van der Waals surface area contributed by atoms with Gasteiger partial charge in [-0.3, -0.25) is 0 Å². The summed E-state index contributed by atoms with van der Waals surface area (Å²) >= 11 is 0. The van der Waals surface area contributed by atoms with Gasteiger partial charge >= 0.3 is 0 Å². The van der Waals surface area contributed by atoms with Gasteiger partial charge in [0.2, 0.25) is 0 Å². The van der Waals surface area contributed by atoms with E-state index in [0.29, 0.717) is 5.41 Å². The molecule has 0 aliphatic heterocycles. The van der Waals surface area contributed by atoms with Gasteiger partial charge in [-0.2, -0.15) is 0 Å². The fourth-order valence-electron chi connectivity index (χ4n) is 3.69. The van der Waals surface area contributed by atoms with Crippen LogP contribution in [0.25, 0.3) is 0 Å². The fourth-order valence-corrected chi connectivity index (χ4v) is 3.69. The SMILES string of the molecule is C[C@@H]1C[C@@H]2C[C@H]([C@H]1C[NH3+])C2(C)C. The molecule has 3 saturated carbocycles. The summed E-state index contributed by atoms with van der Waals surface area (Å²) in [5.74, 6) is 3.88. The second kappa shape index (κ2) is 2.47. The Balaban J connectivity index is 2.15. The molecule has 3 aliphatic rings. The smallest absolute Gasteiger partial charge is 0.0773 e. The molecule has 0 heterocycles. The van der Waals surface area contributed by atoms with Crippen molar-refractivity contribution in [1.82, 2.24) is 0 Å². The Labute approximate surface area is 75.7 Å². The molecule has 0 saturated heterocycles. The minimum absolute atomic E-state index is 0.648. The average Bonchev–Trinajstić information content (AvgIpc) is 2.03. The van der Waals surface area contributed by atoms with Crippen LogP contribution in [0.3, 0.4) is 0 Å². The van der Waals surface area contributed by atoms with Crippen molar-refractivity contribution in [2.24, 2.45) is 29.1 Å². The van der Waals surface area contributed by atoms with Crippen molar-refractivity contribution in [1.29, 1.82) is 0 Å². The molecule has 0 amide bonds. The second-order valence-corrected chi connectivity index (χ2v) is 5.53. The molecule has 0 aromatic carbocycles. The lowest BCUT2D eigenvalue weighted by Gasteiger charge is -2.61. The van der Waals surface area contributed by atoms with Gasteiger partial charge in [0.1, 0.15) is 0 Å². The second-order valence-electron chi connectivity index (χ2n) is 5.53. The summed E-state index contributed by atoms with van der Waals surface area (Å²) in [4.78, 5) is 0. The lowest BCUT2D eigenvalue weighted by atomic mass is 9.43. The van der Waals surface area contributed by atoms with Gasteiger partial charge in [-0.15, -0.1) is 0 Å². The number of fused-ring (bicyclic) bond motifs is 2. The van der Waals surface area contributed by atoms with Crippen LogP contribution in [-0.2, 0) is 0 Å². The van der Waals surface area contributed by atoms with Gasteiger partial charge in [0, 0.05) is 5.92 Å². The zero-order chi connectivity index (χ0) is 8.93. The largest absolute Gasteiger partial charge is 0.357 e. The topological polar surface area (TPSA) is 27.6 Å². The van der Waals surface area contributed by atoms with Gasteiger partial charge in [-0.1, -0.05) is 20.8 Å². The summed E-state index contributed by atoms with van der Waals surface area (Å²) in [6.07, 6.45) is 2.96. The van der Waals surface area contributed by atoms with E-state index < -0.39 is 0 Å². The molecular formula is C11H22N+. The van der Waals surface area contributed by atoms with E-state index in [9.17, 15) is 0 Å². The molecule has 0 spiro atoms. The Morgan fingerprint density at radius 1 is 1.33 bits per heavy atom. The predicted molar refractivity (Wildman–Crippen MR) is 50.4 cm³/mol. The van der Waals surface area contributed by atoms with Gasteiger partial charge in [0.25, 0.3) is 0 Å². The summed E-state index contributed by atoms with van der Waals surface area (Å²) in [6, 6.07) is 0. The Bertz CT molecular complexity index is 185. The van der Waals surface area contributed by atoms with E-state index >= 15 is 0 Å². The normalized spacial score (nSPS) is 50.0. The van der Waals surface area contributed by atoms with E-state index in [1.54, 1.807) is 0 Å². The first-order valence-electron chi connectivity index (χ1n) is 5.36. The highest BCUT2D eigenvalue weighted by Gasteiger charge is 2.56. The molecule has 3 aliphatic carbocycles. The van der Waals surface area contributed by atoms with Crippen LogP contribution in [0.5, 0.6) is 0 Å². The van der Waals surface area contributed by atoms with E-state index in [-0.39, 0.29) is 0 Å². The molecule has 1 nitrogen and oxygen atoms in total. The number of quaternary nitrogens is 1. The van der Waals surface area contributed by atoms with Crippen molar-refractivity contribution in [2.45, 2.75) is 33.6 Å². The van der Waals surface area contributed by atoms with Crippen LogP contribution >= 0.6 is 0 Å². The monoisotopic (exact) mass is 168 g/mol. The molecule has 3 N–H and O–H groups in total. The van der Waals surface area contributed by atoms with E-state index in [4.69, 9.17) is 0 Å². The molecule has 4 atom stereocenters. The van der Waals surface area contributed by atoms with Crippen LogP contribution in [0.1, 0.15) is 33.6 Å². The van der Waals surface area contributed by atoms with Crippen molar-refractivity contribution >= 4 is 0 Å². The maximum atomic E-state index is 4.10. The zero-order valence-corrected chi connectivity index (χ0v) is 8.64. The molecule has 0 radical (unpaired) electrons. The van der Waals surface area contributed by atoms with Gasteiger partial charge in [-0.25, -0.2) is 0 Å². The molecule has 2 bridgehead atoms. The Morgan fingerprint density at radius 2 is 2.00 bits per heavy atom. The molecule has 70 valence electrons. The highest BCUT2D eigenvalue weighted by Crippen LogP contribution is 2.62. The van der Waals surface area contributed by atoms with Crippen molar-refractivity contribution in [3.8, 4) is 0 Å². The zero-order valence-electron chi connectivity index (χ0n) is 8.64. The van der Waals surface area contributed by atoms with E-state index in [2.05, 4.69) is 26.5 Å². The standard InChI is InChI=1S/C11H21N/c1-7-4-8-5-10(9(7)6-12)11(8,2)3/h7-10H,4-6,12H2,1-3H3/p+1/t7-,8-,9+,10-/m1/s1. The average molecular weight is 168 g/mol. The van der Waals surface area contributed by atoms with Crippen molar-refractivity contribution < 1.29 is 5.73 Å². The molecular weight excluding hydrogens is 146 g/mol. The minimum Gasteiger partial charge on any atom is -0.357 e. The third kappa shape index (κ3) is 0.891. The summed E-state index contributed by atoms with van der Waals surface area (Å²) in [5.41, 5.74) is 4.75. The van der Waals surface area contributed by atoms with Crippen LogP contribution in [0.15, 0.2) is 0 Å². The third-order valence-electron chi connectivity index (χ3n) is 4.78. The van der Waals surface area contributed by atoms with Crippen LogP contribution in [0, 0.1) is 29.1 Å². The highest BCUT2D eigenvalue weighted by atomic mass is 14.7. The third-order valence-corrected chi connectivity index (χ3v) is 4.78. The van der Waals surface area contributed by atoms with E-state index in [1.807, 2.05) is 0 Å². The maximum Gasteiger partial charge on any atom is 0.0773 e. The van der Waals surface area contributed by atoms with E-state index in [1.165, 1.54) is 12.8 Å². The predicted octanol–water partition coefficient (Wildman–Crippen LogP) is 1.55. The first-order chi connectivity index (χ1) is 5.57. The molecule has 0 unspecified atom stereocenters. The molecule has 0 aromatic rings. The van der Waals surface area contributed by atoms with E-state index in [0.717, 1.165) is 30.2 Å². The fraction of sp³-hybridized carbons (Fsp3) is 1.00. The van der Waals surface area contributed by atoms with Crippen LogP contribution in [0.4, 0.5) is 0 Å². The number of hydrogen-bond acceptors (Lipinski definition) is 0. The molecule has 1 heteroatoms. The van der Waals surface area contributed by atoms with Crippen molar-refractivity contribution in [2.75, 3.05) is 6.54 Å². The Morgan fingerprint density at radius 3 is 2.42 bits per heavy atom.